The zero-order valence-electron chi connectivity index (χ0n) is 16.7. The van der Waals surface area contributed by atoms with Gasteiger partial charge in [-0.2, -0.15) is 0 Å². The minimum Gasteiger partial charge on any atom is -0.493 e. The normalized spacial score (nSPS) is 24.5. The zero-order valence-corrected chi connectivity index (χ0v) is 16.7. The van der Waals surface area contributed by atoms with Crippen LogP contribution in [0.2, 0.25) is 0 Å². The van der Waals surface area contributed by atoms with E-state index in [1.54, 1.807) is 14.0 Å². The predicted molar refractivity (Wildman–Crippen MR) is 102 cm³/mol. The standard InChI is InChI=1S/C21H33NO4/c1-14(23)13-25-20-10-15-8-9-22-12-16(26-21(2,3)4)6-7-18(22)17(15)11-19(20)24-5/h10-11,14,16,18,23H,6-9,12-13H2,1-5H3. The highest BCUT2D eigenvalue weighted by molar-refractivity contribution is 5.49. The molecule has 1 aromatic rings. The second kappa shape index (κ2) is 7.75. The molecule has 3 unspecified atom stereocenters. The quantitative estimate of drug-likeness (QED) is 0.870. The summed E-state index contributed by atoms with van der Waals surface area (Å²) in [4.78, 5) is 2.55. The lowest BCUT2D eigenvalue weighted by Crippen LogP contribution is -2.47. The summed E-state index contributed by atoms with van der Waals surface area (Å²) in [7, 11) is 1.67. The summed E-state index contributed by atoms with van der Waals surface area (Å²) in [6.07, 6.45) is 3.00. The molecule has 146 valence electrons. The lowest BCUT2D eigenvalue weighted by Gasteiger charge is -2.44. The Hall–Kier alpha value is -1.30. The molecular weight excluding hydrogens is 330 g/mol. The van der Waals surface area contributed by atoms with Gasteiger partial charge in [0.15, 0.2) is 11.5 Å². The average Bonchev–Trinajstić information content (AvgIpc) is 2.57. The van der Waals surface area contributed by atoms with Crippen LogP contribution in [0.15, 0.2) is 12.1 Å². The smallest absolute Gasteiger partial charge is 0.161 e. The maximum atomic E-state index is 9.49. The molecule has 0 radical (unpaired) electrons. The number of benzene rings is 1. The van der Waals surface area contributed by atoms with E-state index in [9.17, 15) is 5.11 Å². The lowest BCUT2D eigenvalue weighted by molar-refractivity contribution is -0.0971. The molecule has 3 rings (SSSR count). The van der Waals surface area contributed by atoms with Gasteiger partial charge in [0, 0.05) is 19.1 Å². The fourth-order valence-corrected chi connectivity index (χ4v) is 4.09. The van der Waals surface area contributed by atoms with Crippen LogP contribution >= 0.6 is 0 Å². The fraction of sp³-hybridized carbons (Fsp3) is 0.714. The summed E-state index contributed by atoms with van der Waals surface area (Å²) < 4.78 is 17.5. The van der Waals surface area contributed by atoms with Crippen LogP contribution in [0.3, 0.4) is 0 Å². The van der Waals surface area contributed by atoms with E-state index in [1.165, 1.54) is 11.1 Å². The minimum absolute atomic E-state index is 0.0928. The number of methoxy groups -OCH3 is 1. The van der Waals surface area contributed by atoms with E-state index in [1.807, 2.05) is 0 Å². The van der Waals surface area contributed by atoms with E-state index in [-0.39, 0.29) is 12.2 Å². The Labute approximate surface area is 157 Å². The monoisotopic (exact) mass is 363 g/mol. The number of aliphatic hydroxyl groups excluding tert-OH is 1. The van der Waals surface area contributed by atoms with Crippen LogP contribution in [-0.2, 0) is 11.2 Å². The molecule has 26 heavy (non-hydrogen) atoms. The number of nitrogens with zero attached hydrogens (tertiary/aromatic N) is 1. The number of ether oxygens (including phenoxy) is 3. The average molecular weight is 363 g/mol. The van der Waals surface area contributed by atoms with Gasteiger partial charge in [0.25, 0.3) is 0 Å². The highest BCUT2D eigenvalue weighted by Crippen LogP contribution is 2.42. The van der Waals surface area contributed by atoms with Crippen LogP contribution in [-0.4, -0.2) is 54.6 Å². The third-order valence-corrected chi connectivity index (χ3v) is 5.09. The first-order valence-electron chi connectivity index (χ1n) is 9.70. The topological polar surface area (TPSA) is 51.2 Å². The SMILES string of the molecule is COc1cc2c(cc1OCC(C)O)CCN1CC(OC(C)(C)C)CCC21. The van der Waals surface area contributed by atoms with Crippen molar-refractivity contribution in [2.45, 2.75) is 70.8 Å². The first-order valence-corrected chi connectivity index (χ1v) is 9.70. The molecular formula is C21H33NO4. The molecule has 1 N–H and O–H groups in total. The van der Waals surface area contributed by atoms with Crippen LogP contribution < -0.4 is 9.47 Å². The van der Waals surface area contributed by atoms with Gasteiger partial charge in [-0.3, -0.25) is 4.90 Å². The Morgan fingerprint density at radius 2 is 2.00 bits per heavy atom. The molecule has 0 amide bonds. The molecule has 0 spiro atoms. The highest BCUT2D eigenvalue weighted by atomic mass is 16.5. The van der Waals surface area contributed by atoms with Crippen molar-refractivity contribution in [1.82, 2.24) is 4.90 Å². The second-order valence-corrected chi connectivity index (χ2v) is 8.55. The Balaban J connectivity index is 1.77. The van der Waals surface area contributed by atoms with Crippen molar-refractivity contribution in [3.8, 4) is 11.5 Å². The van der Waals surface area contributed by atoms with Gasteiger partial charge in [0.1, 0.15) is 6.61 Å². The van der Waals surface area contributed by atoms with Crippen LogP contribution in [0, 0.1) is 0 Å². The van der Waals surface area contributed by atoms with Crippen molar-refractivity contribution in [2.24, 2.45) is 0 Å². The maximum absolute atomic E-state index is 9.49. The molecule has 0 aromatic heterocycles. The van der Waals surface area contributed by atoms with Crippen molar-refractivity contribution in [1.29, 1.82) is 0 Å². The number of fused-ring (bicyclic) bond motifs is 3. The summed E-state index contributed by atoms with van der Waals surface area (Å²) in [6.45, 7) is 10.4. The first-order chi connectivity index (χ1) is 12.3. The van der Waals surface area contributed by atoms with Gasteiger partial charge in [0.2, 0.25) is 0 Å². The molecule has 2 aliphatic rings. The Morgan fingerprint density at radius 1 is 1.23 bits per heavy atom. The minimum atomic E-state index is -0.496. The van der Waals surface area contributed by atoms with Crippen LogP contribution in [0.5, 0.6) is 11.5 Å². The number of piperidine rings is 1. The lowest BCUT2D eigenvalue weighted by atomic mass is 9.85. The fourth-order valence-electron chi connectivity index (χ4n) is 4.09. The summed E-state index contributed by atoms with van der Waals surface area (Å²) in [5, 5.41) is 9.49. The Morgan fingerprint density at radius 3 is 2.65 bits per heavy atom. The zero-order chi connectivity index (χ0) is 18.9. The molecule has 1 saturated heterocycles. The van der Waals surface area contributed by atoms with E-state index in [2.05, 4.69) is 37.8 Å². The predicted octanol–water partition coefficient (Wildman–Crippen LogP) is 3.33. The number of aliphatic hydroxyl groups is 1. The van der Waals surface area contributed by atoms with Crippen molar-refractivity contribution >= 4 is 0 Å². The molecule has 2 aliphatic heterocycles. The van der Waals surface area contributed by atoms with E-state index in [0.717, 1.165) is 43.9 Å². The molecule has 3 atom stereocenters. The van der Waals surface area contributed by atoms with Gasteiger partial charge in [-0.1, -0.05) is 0 Å². The van der Waals surface area contributed by atoms with E-state index >= 15 is 0 Å². The van der Waals surface area contributed by atoms with Crippen LogP contribution in [0.4, 0.5) is 0 Å². The van der Waals surface area contributed by atoms with Gasteiger partial charge < -0.3 is 19.3 Å². The molecule has 1 fully saturated rings. The van der Waals surface area contributed by atoms with Gasteiger partial charge in [-0.25, -0.2) is 0 Å². The van der Waals surface area contributed by atoms with Crippen LogP contribution in [0.1, 0.15) is 57.7 Å². The van der Waals surface area contributed by atoms with E-state index in [0.29, 0.717) is 12.1 Å². The van der Waals surface area contributed by atoms with Crippen molar-refractivity contribution in [2.75, 3.05) is 26.8 Å². The van der Waals surface area contributed by atoms with Gasteiger partial charge in [-0.15, -0.1) is 0 Å². The van der Waals surface area contributed by atoms with Crippen molar-refractivity contribution in [3.05, 3.63) is 23.3 Å². The molecule has 2 heterocycles. The molecule has 5 heteroatoms. The van der Waals surface area contributed by atoms with Gasteiger partial charge in [-0.05, 0) is 70.2 Å². The first kappa shape index (κ1) is 19.5. The van der Waals surface area contributed by atoms with Crippen molar-refractivity contribution in [3.63, 3.8) is 0 Å². The number of hydrogen-bond donors (Lipinski definition) is 1. The number of rotatable bonds is 5. The van der Waals surface area contributed by atoms with E-state index < -0.39 is 6.10 Å². The maximum Gasteiger partial charge on any atom is 0.161 e. The second-order valence-electron chi connectivity index (χ2n) is 8.55. The summed E-state index contributed by atoms with van der Waals surface area (Å²) >= 11 is 0. The Kier molecular flexibility index (Phi) is 5.80. The summed E-state index contributed by atoms with van der Waals surface area (Å²) in [6, 6.07) is 4.67. The van der Waals surface area contributed by atoms with Crippen LogP contribution in [0.25, 0.3) is 0 Å². The molecule has 1 aromatic carbocycles. The number of hydrogen-bond acceptors (Lipinski definition) is 5. The van der Waals surface area contributed by atoms with Gasteiger partial charge in [0.05, 0.1) is 24.9 Å². The third kappa shape index (κ3) is 4.51. The molecule has 0 saturated carbocycles. The van der Waals surface area contributed by atoms with Gasteiger partial charge >= 0.3 is 0 Å². The molecule has 0 aliphatic carbocycles. The largest absolute Gasteiger partial charge is 0.493 e. The highest BCUT2D eigenvalue weighted by Gasteiger charge is 2.35. The summed E-state index contributed by atoms with van der Waals surface area (Å²) in [5.74, 6) is 1.48. The Bertz CT molecular complexity index is 623. The molecule has 0 bridgehead atoms. The molecule has 5 nitrogen and oxygen atoms in total. The van der Waals surface area contributed by atoms with Crippen molar-refractivity contribution < 1.29 is 19.3 Å². The summed E-state index contributed by atoms with van der Waals surface area (Å²) in [5.41, 5.74) is 2.60. The third-order valence-electron chi connectivity index (χ3n) is 5.09. The van der Waals surface area contributed by atoms with E-state index in [4.69, 9.17) is 14.2 Å².